The molecule has 0 bridgehead atoms. The third-order valence-corrected chi connectivity index (χ3v) is 6.48. The van der Waals surface area contributed by atoms with Crippen molar-refractivity contribution >= 4 is 17.0 Å². The molecule has 1 aromatic carbocycles. The van der Waals surface area contributed by atoms with Gasteiger partial charge in [-0.2, -0.15) is 15.2 Å². The molecule has 5 rings (SSSR count). The van der Waals surface area contributed by atoms with Crippen molar-refractivity contribution in [2.75, 3.05) is 20.3 Å². The van der Waals surface area contributed by atoms with Crippen molar-refractivity contribution in [1.29, 1.82) is 0 Å². The summed E-state index contributed by atoms with van der Waals surface area (Å²) < 4.78 is 19.9. The number of aryl methyl sites for hydroxylation is 2. The maximum Gasteiger partial charge on any atom is 0.341 e. The monoisotopic (exact) mass is 490 g/mol. The number of carbonyl (C=O) groups is 1. The molecule has 1 aliphatic rings. The molecule has 10 nitrogen and oxygen atoms in total. The number of esters is 1. The van der Waals surface area contributed by atoms with Gasteiger partial charge in [0.15, 0.2) is 0 Å². The smallest absolute Gasteiger partial charge is 0.341 e. The van der Waals surface area contributed by atoms with Gasteiger partial charge in [-0.3, -0.25) is 4.68 Å². The number of aromatic nitrogens is 6. The molecule has 0 N–H and O–H groups in total. The molecule has 1 aliphatic carbocycles. The molecule has 0 fully saturated rings. The van der Waals surface area contributed by atoms with Crippen molar-refractivity contribution in [1.82, 2.24) is 29.5 Å². The average Bonchev–Trinajstić information content (AvgIpc) is 3.55. The summed E-state index contributed by atoms with van der Waals surface area (Å²) in [7, 11) is 1.55. The van der Waals surface area contributed by atoms with Gasteiger partial charge in [-0.05, 0) is 62.3 Å². The summed E-state index contributed by atoms with van der Waals surface area (Å²) in [5.74, 6) is 1.18. The molecule has 188 valence electrons. The number of hydrogen-bond donors (Lipinski definition) is 0. The van der Waals surface area contributed by atoms with Gasteiger partial charge in [-0.1, -0.05) is 6.07 Å². The third-order valence-electron chi connectivity index (χ3n) is 6.48. The molecule has 0 saturated carbocycles. The molecular formula is C26H30N6O4. The molecule has 0 saturated heterocycles. The Morgan fingerprint density at radius 1 is 1.11 bits per heavy atom. The highest BCUT2D eigenvalue weighted by atomic mass is 16.5. The SMILES string of the molecule is CCOC(=O)c1cnn(-c2nc(OC)c3c(cnn3CCCOc3ccc4c(c3C)CCCC4)n2)c1. The molecule has 0 atom stereocenters. The Morgan fingerprint density at radius 2 is 1.97 bits per heavy atom. The topological polar surface area (TPSA) is 106 Å². The van der Waals surface area contributed by atoms with Crippen LogP contribution < -0.4 is 9.47 Å². The molecule has 3 heterocycles. The van der Waals surface area contributed by atoms with Gasteiger partial charge < -0.3 is 14.2 Å². The van der Waals surface area contributed by atoms with Crippen LogP contribution in [-0.2, 0) is 24.1 Å². The second-order valence-corrected chi connectivity index (χ2v) is 8.76. The quantitative estimate of drug-likeness (QED) is 0.257. The van der Waals surface area contributed by atoms with Crippen LogP contribution in [0, 0.1) is 6.92 Å². The third kappa shape index (κ3) is 4.62. The van der Waals surface area contributed by atoms with Gasteiger partial charge in [-0.25, -0.2) is 14.5 Å². The highest BCUT2D eigenvalue weighted by molar-refractivity contribution is 5.88. The Morgan fingerprint density at radius 3 is 2.81 bits per heavy atom. The highest BCUT2D eigenvalue weighted by Gasteiger charge is 2.18. The fourth-order valence-corrected chi connectivity index (χ4v) is 4.66. The summed E-state index contributed by atoms with van der Waals surface area (Å²) >= 11 is 0. The van der Waals surface area contributed by atoms with E-state index in [0.29, 0.717) is 35.6 Å². The molecule has 36 heavy (non-hydrogen) atoms. The van der Waals surface area contributed by atoms with Gasteiger partial charge in [0.1, 0.15) is 16.8 Å². The number of benzene rings is 1. The van der Waals surface area contributed by atoms with E-state index in [2.05, 4.69) is 39.2 Å². The number of rotatable bonds is 9. The van der Waals surface area contributed by atoms with Crippen LogP contribution in [0.1, 0.15) is 53.2 Å². The largest absolute Gasteiger partial charge is 0.493 e. The molecule has 0 radical (unpaired) electrons. The van der Waals surface area contributed by atoms with E-state index < -0.39 is 5.97 Å². The fourth-order valence-electron chi connectivity index (χ4n) is 4.66. The van der Waals surface area contributed by atoms with Crippen LogP contribution in [-0.4, -0.2) is 55.8 Å². The van der Waals surface area contributed by atoms with Gasteiger partial charge in [0.2, 0.25) is 5.88 Å². The van der Waals surface area contributed by atoms with Crippen LogP contribution in [0.3, 0.4) is 0 Å². The molecule has 0 amide bonds. The molecule has 4 aromatic rings. The normalized spacial score (nSPS) is 13.0. The van der Waals surface area contributed by atoms with E-state index in [9.17, 15) is 4.79 Å². The zero-order chi connectivity index (χ0) is 25.1. The number of carbonyl (C=O) groups excluding carboxylic acids is 1. The lowest BCUT2D eigenvalue weighted by Gasteiger charge is -2.20. The lowest BCUT2D eigenvalue weighted by Crippen LogP contribution is -2.10. The van der Waals surface area contributed by atoms with E-state index in [0.717, 1.165) is 18.6 Å². The summed E-state index contributed by atoms with van der Waals surface area (Å²) in [6, 6.07) is 4.32. The molecule has 0 aliphatic heterocycles. The Hall–Kier alpha value is -3.95. The first kappa shape index (κ1) is 23.8. The number of ether oxygens (including phenoxy) is 3. The summed E-state index contributed by atoms with van der Waals surface area (Å²) in [6.45, 7) is 5.41. The van der Waals surface area contributed by atoms with E-state index in [1.54, 1.807) is 20.2 Å². The van der Waals surface area contributed by atoms with Gasteiger partial charge in [-0.15, -0.1) is 0 Å². The molecule has 0 spiro atoms. The first-order valence-corrected chi connectivity index (χ1v) is 12.3. The molecule has 0 unspecified atom stereocenters. The number of hydrogen-bond acceptors (Lipinski definition) is 8. The predicted molar refractivity (Wildman–Crippen MR) is 133 cm³/mol. The lowest BCUT2D eigenvalue weighted by molar-refractivity contribution is 0.0526. The van der Waals surface area contributed by atoms with Crippen LogP contribution in [0.5, 0.6) is 11.6 Å². The fraction of sp³-hybridized carbons (Fsp3) is 0.423. The zero-order valence-corrected chi connectivity index (χ0v) is 20.9. The molecule has 3 aromatic heterocycles. The minimum atomic E-state index is -0.447. The Kier molecular flexibility index (Phi) is 6.84. The first-order valence-electron chi connectivity index (χ1n) is 12.3. The van der Waals surface area contributed by atoms with Crippen LogP contribution in [0.2, 0.25) is 0 Å². The van der Waals surface area contributed by atoms with E-state index >= 15 is 0 Å². The molecular weight excluding hydrogens is 460 g/mol. The van der Waals surface area contributed by atoms with Gasteiger partial charge >= 0.3 is 5.97 Å². The van der Waals surface area contributed by atoms with E-state index in [1.165, 1.54) is 53.0 Å². The van der Waals surface area contributed by atoms with Crippen molar-refractivity contribution in [2.45, 2.75) is 52.5 Å². The van der Waals surface area contributed by atoms with Crippen molar-refractivity contribution in [3.05, 3.63) is 53.0 Å². The molecule has 10 heteroatoms. The van der Waals surface area contributed by atoms with Crippen molar-refractivity contribution in [3.8, 4) is 17.6 Å². The minimum Gasteiger partial charge on any atom is -0.493 e. The highest BCUT2D eigenvalue weighted by Crippen LogP contribution is 2.30. The maximum atomic E-state index is 12.0. The number of nitrogens with zero attached hydrogens (tertiary/aromatic N) is 6. The summed E-state index contributed by atoms with van der Waals surface area (Å²) in [4.78, 5) is 21.0. The minimum absolute atomic E-state index is 0.278. The Labute approximate surface area is 209 Å². The van der Waals surface area contributed by atoms with Crippen LogP contribution in [0.15, 0.2) is 30.7 Å². The van der Waals surface area contributed by atoms with E-state index in [1.807, 2.05) is 4.68 Å². The summed E-state index contributed by atoms with van der Waals surface area (Å²) in [6.07, 6.45) is 10.2. The Balaban J connectivity index is 1.28. The second kappa shape index (κ2) is 10.3. The maximum absolute atomic E-state index is 12.0. The van der Waals surface area contributed by atoms with Crippen molar-refractivity contribution in [3.63, 3.8) is 0 Å². The van der Waals surface area contributed by atoms with Crippen LogP contribution >= 0.6 is 0 Å². The second-order valence-electron chi connectivity index (χ2n) is 8.76. The average molecular weight is 491 g/mol. The van der Waals surface area contributed by atoms with Crippen LogP contribution in [0.4, 0.5) is 0 Å². The zero-order valence-electron chi connectivity index (χ0n) is 20.9. The van der Waals surface area contributed by atoms with Crippen molar-refractivity contribution < 1.29 is 19.0 Å². The number of methoxy groups -OCH3 is 1. The van der Waals surface area contributed by atoms with E-state index in [-0.39, 0.29) is 12.6 Å². The van der Waals surface area contributed by atoms with Gasteiger partial charge in [0, 0.05) is 19.2 Å². The predicted octanol–water partition coefficient (Wildman–Crippen LogP) is 3.85. The summed E-state index contributed by atoms with van der Waals surface area (Å²) in [5.41, 5.74) is 5.84. The van der Waals surface area contributed by atoms with Gasteiger partial charge in [0.05, 0.1) is 38.3 Å². The Bertz CT molecular complexity index is 1390. The van der Waals surface area contributed by atoms with Crippen molar-refractivity contribution in [2.24, 2.45) is 0 Å². The lowest BCUT2D eigenvalue weighted by atomic mass is 9.88. The number of fused-ring (bicyclic) bond motifs is 2. The summed E-state index contributed by atoms with van der Waals surface area (Å²) in [5, 5.41) is 8.68. The van der Waals surface area contributed by atoms with Gasteiger partial charge in [0.25, 0.3) is 5.95 Å². The standard InChI is InChI=1S/C26H30N6O4/c1-4-35-25(33)19-14-27-32(16-19)26-29-21-15-28-31(23(21)24(30-26)34-3)12-7-13-36-22-11-10-18-8-5-6-9-20(18)17(22)2/h10-11,14-16H,4-9,12-13H2,1-3H3. The van der Waals surface area contributed by atoms with E-state index in [4.69, 9.17) is 14.2 Å². The van der Waals surface area contributed by atoms with Crippen LogP contribution in [0.25, 0.3) is 17.0 Å². The first-order chi connectivity index (χ1) is 17.6.